The Morgan fingerprint density at radius 1 is 0.724 bits per heavy atom. The lowest BCUT2D eigenvalue weighted by molar-refractivity contribution is 0.595. The highest BCUT2D eigenvalue weighted by Crippen LogP contribution is 2.68. The van der Waals surface area contributed by atoms with Crippen molar-refractivity contribution in [3.05, 3.63) is 314 Å². The van der Waals surface area contributed by atoms with Gasteiger partial charge in [-0.2, -0.15) is 0 Å². The first kappa shape index (κ1) is 52.8. The Balaban J connectivity index is 0.825. The summed E-state index contributed by atoms with van der Waals surface area (Å²) in [6.45, 7) is 7.58. The molecular weight excluding hydrogens is 1050 g/mol. The first-order valence-corrected chi connectivity index (χ1v) is 31.3. The van der Waals surface area contributed by atoms with Gasteiger partial charge in [0.2, 0.25) is 0 Å². The van der Waals surface area contributed by atoms with Crippen LogP contribution in [0.2, 0.25) is 0 Å². The number of allylic oxidation sites excluding steroid dienone is 11. The van der Waals surface area contributed by atoms with Crippen molar-refractivity contribution in [2.45, 2.75) is 76.9 Å². The number of nitrogens with zero attached hydrogens (tertiary/aromatic N) is 4. The molecule has 1 aliphatic heterocycles. The summed E-state index contributed by atoms with van der Waals surface area (Å²) in [7, 11) is 0. The number of fused-ring (bicyclic) bond motifs is 11. The molecule has 2 N–H and O–H groups in total. The van der Waals surface area contributed by atoms with E-state index >= 15 is 0 Å². The molecule has 16 rings (SSSR count). The van der Waals surface area contributed by atoms with E-state index in [4.69, 9.17) is 10.7 Å². The van der Waals surface area contributed by atoms with Crippen LogP contribution in [-0.2, 0) is 12.8 Å². The van der Waals surface area contributed by atoms with E-state index in [2.05, 4.69) is 289 Å². The number of aromatic nitrogens is 2. The van der Waals surface area contributed by atoms with Gasteiger partial charge in [-0.1, -0.05) is 188 Å². The zero-order chi connectivity index (χ0) is 58.3. The molecule has 422 valence electrons. The molecule has 6 aliphatic rings. The van der Waals surface area contributed by atoms with E-state index < -0.39 is 0 Å². The largest absolute Gasteiger partial charge is 0.339 e. The van der Waals surface area contributed by atoms with Crippen LogP contribution in [-0.4, -0.2) is 33.2 Å². The average molecular weight is 1120 g/mol. The van der Waals surface area contributed by atoms with Crippen molar-refractivity contribution in [2.24, 2.45) is 16.6 Å². The van der Waals surface area contributed by atoms with Crippen LogP contribution in [0.1, 0.15) is 91.3 Å². The van der Waals surface area contributed by atoms with E-state index in [-0.39, 0.29) is 11.7 Å². The number of benzene rings is 8. The van der Waals surface area contributed by atoms with Crippen molar-refractivity contribution in [1.29, 1.82) is 0 Å². The van der Waals surface area contributed by atoms with Gasteiger partial charge in [-0.25, -0.2) is 4.99 Å². The molecule has 3 heterocycles. The van der Waals surface area contributed by atoms with Crippen molar-refractivity contribution >= 4 is 78.7 Å². The summed E-state index contributed by atoms with van der Waals surface area (Å²) in [5.74, 6) is 1.63. The average Bonchev–Trinajstić information content (AvgIpc) is 1.59. The summed E-state index contributed by atoms with van der Waals surface area (Å²) in [5.41, 5.74) is 34.8. The normalized spacial score (nSPS) is 20.0. The van der Waals surface area contributed by atoms with Gasteiger partial charge in [-0.05, 0) is 205 Å². The number of hydrogen-bond acceptors (Lipinski definition) is 3. The van der Waals surface area contributed by atoms with Crippen LogP contribution >= 0.6 is 0 Å². The van der Waals surface area contributed by atoms with Crippen LogP contribution in [0, 0.1) is 5.92 Å². The molecule has 5 nitrogen and oxygen atoms in total. The number of hydrogen-bond donors (Lipinski definition) is 1. The van der Waals surface area contributed by atoms with Crippen LogP contribution in [0.4, 0.5) is 5.69 Å². The summed E-state index contributed by atoms with van der Waals surface area (Å²) < 4.78 is 4.89. The predicted octanol–water partition coefficient (Wildman–Crippen LogP) is 17.2. The smallest absolute Gasteiger partial charge is 0.135 e. The predicted molar refractivity (Wildman–Crippen MR) is 365 cm³/mol. The highest BCUT2D eigenvalue weighted by molar-refractivity contribution is 6.18. The van der Waals surface area contributed by atoms with Gasteiger partial charge < -0.3 is 15.2 Å². The minimum Gasteiger partial charge on any atom is -0.339 e. The van der Waals surface area contributed by atoms with Gasteiger partial charge in [0.25, 0.3) is 0 Å². The summed E-state index contributed by atoms with van der Waals surface area (Å²) >= 11 is 0. The summed E-state index contributed by atoms with van der Waals surface area (Å²) in [6, 6.07) is 73.9. The maximum atomic E-state index is 6.09. The van der Waals surface area contributed by atoms with E-state index in [0.29, 0.717) is 18.4 Å². The fourth-order valence-electron chi connectivity index (χ4n) is 15.6. The Morgan fingerprint density at radius 2 is 1.45 bits per heavy atom. The second kappa shape index (κ2) is 21.3. The third-order valence-electron chi connectivity index (χ3n) is 19.7. The van der Waals surface area contributed by atoms with Crippen LogP contribution in [0.25, 0.3) is 72.8 Å². The molecule has 1 fully saturated rings. The van der Waals surface area contributed by atoms with Crippen molar-refractivity contribution < 1.29 is 0 Å². The van der Waals surface area contributed by atoms with Gasteiger partial charge in [0.15, 0.2) is 0 Å². The Morgan fingerprint density at radius 3 is 2.28 bits per heavy atom. The number of nitrogens with two attached hydrogens (primary N) is 1. The minimum absolute atomic E-state index is 0.224. The number of aliphatic imine (C=N–C) groups is 1. The quantitative estimate of drug-likeness (QED) is 0.0843. The van der Waals surface area contributed by atoms with Crippen LogP contribution in [0.15, 0.2) is 270 Å². The Labute approximate surface area is 509 Å². The van der Waals surface area contributed by atoms with E-state index in [0.717, 1.165) is 77.7 Å². The Hall–Kier alpha value is -9.77. The molecule has 0 bridgehead atoms. The summed E-state index contributed by atoms with van der Waals surface area (Å²) in [4.78, 5) is 8.78. The zero-order valence-corrected chi connectivity index (χ0v) is 49.7. The molecule has 5 aliphatic carbocycles. The number of rotatable bonds is 10. The van der Waals surface area contributed by atoms with Crippen LogP contribution in [0.3, 0.4) is 0 Å². The monoisotopic (exact) mass is 1120 g/mol. The Bertz CT molecular complexity index is 4920. The number of para-hydroxylation sites is 4. The van der Waals surface area contributed by atoms with Gasteiger partial charge in [-0.3, -0.25) is 4.57 Å². The second-order valence-electron chi connectivity index (χ2n) is 24.7. The van der Waals surface area contributed by atoms with Crippen LogP contribution < -0.4 is 21.2 Å². The zero-order valence-electron chi connectivity index (χ0n) is 49.7. The molecule has 0 amide bonds. The molecule has 5 heteroatoms. The summed E-state index contributed by atoms with van der Waals surface area (Å²) in [5, 5.41) is 6.20. The van der Waals surface area contributed by atoms with E-state index in [1.165, 1.54) is 105 Å². The first-order chi connectivity index (χ1) is 42.8. The standard InChI is InChI=1S/C82H69N5/c1-53(57-38-36-56(37-39-57)44-45-83)46-80(86-76-33-16-12-29-68(76)70-43-42-62(50-79(70)86)60-23-18-24-63-47-61(58-20-6-4-7-21-58)41-40-59-22-10-11-28-67(59)73(63)48-60)84-55(3)87-78-34-17-14-31-71(78)81-54(2)72(51-65-52-82(65,81)87)64-25-19-35-77-74(49-64)69-30-13-15-32-75(69)85(77)66-26-8-5-9-27-66/h4-18,20-22,24-39,42-43,46,48-51,55,61,65H,19,40-41,44-45,47,52,83H2,1-3H3/b53-46+,84-80+. The van der Waals surface area contributed by atoms with Crippen LogP contribution in [0.5, 0.6) is 0 Å². The molecule has 10 aromatic rings. The van der Waals surface area contributed by atoms with E-state index in [1.807, 2.05) is 0 Å². The third kappa shape index (κ3) is 8.82. The molecule has 4 atom stereocenters. The topological polar surface area (TPSA) is 51.5 Å². The van der Waals surface area contributed by atoms with Gasteiger partial charge in [0.1, 0.15) is 12.0 Å². The van der Waals surface area contributed by atoms with E-state index in [1.54, 1.807) is 0 Å². The van der Waals surface area contributed by atoms with Gasteiger partial charge in [-0.15, -0.1) is 5.73 Å². The van der Waals surface area contributed by atoms with Crippen molar-refractivity contribution in [2.75, 3.05) is 11.4 Å². The number of aryl methyl sites for hydroxylation is 1. The molecule has 1 saturated carbocycles. The highest BCUT2D eigenvalue weighted by atomic mass is 15.4. The van der Waals surface area contributed by atoms with Crippen molar-refractivity contribution in [3.63, 3.8) is 0 Å². The van der Waals surface area contributed by atoms with Gasteiger partial charge in [0, 0.05) is 49.8 Å². The van der Waals surface area contributed by atoms with Crippen molar-refractivity contribution in [3.8, 4) is 5.69 Å². The van der Waals surface area contributed by atoms with Crippen molar-refractivity contribution in [1.82, 2.24) is 9.13 Å². The molecule has 4 unspecified atom stereocenters. The maximum Gasteiger partial charge on any atom is 0.135 e. The van der Waals surface area contributed by atoms with Gasteiger partial charge >= 0.3 is 0 Å². The lowest BCUT2D eigenvalue weighted by Gasteiger charge is -2.35. The number of anilines is 1. The third-order valence-corrected chi connectivity index (χ3v) is 19.7. The fraction of sp³-hybridized carbons (Fsp3) is 0.171. The van der Waals surface area contributed by atoms with Gasteiger partial charge in [0.05, 0.1) is 27.4 Å². The molecule has 0 radical (unpaired) electrons. The molecule has 0 saturated heterocycles. The summed E-state index contributed by atoms with van der Waals surface area (Å²) in [6.07, 6.45) is 24.8. The maximum absolute atomic E-state index is 6.09. The SMILES string of the molecule is CC1=C2c3ccccc3N(C(C)/N=C(\C=C(/C)c3ccc(CCN)cc3)n3c4ccccc4c4ccc(C5=C=CC=C6CC(c7ccccc7)CCc7ccccc7C6=C5)cc43)C23CC3C=C1C1=CCC=c2c(c3ccccc3n2-c2ccccc2)=C1. The molecular formula is C82H69N5. The fourth-order valence-corrected chi connectivity index (χ4v) is 15.6. The molecule has 1 spiro atoms. The minimum atomic E-state index is -0.243. The first-order valence-electron chi connectivity index (χ1n) is 31.3. The highest BCUT2D eigenvalue weighted by Gasteiger charge is 2.66. The molecule has 2 aromatic heterocycles. The lowest BCUT2D eigenvalue weighted by Crippen LogP contribution is -2.43. The lowest BCUT2D eigenvalue weighted by atomic mass is 9.78. The molecule has 87 heavy (non-hydrogen) atoms. The Kier molecular flexibility index (Phi) is 12.9. The van der Waals surface area contributed by atoms with E-state index in [9.17, 15) is 0 Å². The second-order valence-corrected chi connectivity index (χ2v) is 24.7. The molecule has 8 aromatic carbocycles.